The lowest BCUT2D eigenvalue weighted by atomic mass is 10.3. The molecule has 1 atom stereocenters. The Labute approximate surface area is 172 Å². The molecule has 8 nitrogen and oxygen atoms in total. The summed E-state index contributed by atoms with van der Waals surface area (Å²) in [6.45, 7) is -0.507. The summed E-state index contributed by atoms with van der Waals surface area (Å²) < 4.78 is 82.7. The van der Waals surface area contributed by atoms with Crippen molar-refractivity contribution in [2.75, 3.05) is 13.3 Å². The minimum Gasteiger partial charge on any atom is -0.468 e. The van der Waals surface area contributed by atoms with Crippen LogP contribution in [0, 0.1) is 5.82 Å². The van der Waals surface area contributed by atoms with Crippen LogP contribution in [0.5, 0.6) is 11.5 Å². The number of halogens is 1. The van der Waals surface area contributed by atoms with Gasteiger partial charge in [0.05, 0.1) is 16.1 Å². The first-order valence-corrected chi connectivity index (χ1v) is 11.7. The van der Waals surface area contributed by atoms with Gasteiger partial charge in [0.25, 0.3) is 0 Å². The molecule has 30 heavy (non-hydrogen) atoms. The van der Waals surface area contributed by atoms with E-state index in [2.05, 4.69) is 4.72 Å². The summed E-state index contributed by atoms with van der Waals surface area (Å²) in [5.74, 6) is 0.153. The smallest absolute Gasteiger partial charge is 0.240 e. The summed E-state index contributed by atoms with van der Waals surface area (Å²) in [7, 11) is -8.16. The first kappa shape index (κ1) is 20.4. The van der Waals surface area contributed by atoms with E-state index in [9.17, 15) is 21.2 Å². The van der Waals surface area contributed by atoms with Crippen molar-refractivity contribution in [1.29, 1.82) is 0 Å². The molecule has 0 aliphatic carbocycles. The highest BCUT2D eigenvalue weighted by Gasteiger charge is 2.33. The predicted molar refractivity (Wildman–Crippen MR) is 103 cm³/mol. The molecule has 0 amide bonds. The molecule has 1 aromatic heterocycles. The molecule has 1 aliphatic heterocycles. The van der Waals surface area contributed by atoms with Crippen LogP contribution >= 0.6 is 0 Å². The summed E-state index contributed by atoms with van der Waals surface area (Å²) in [5, 5.41) is -1.36. The van der Waals surface area contributed by atoms with Crippen LogP contribution in [0.1, 0.15) is 11.0 Å². The summed E-state index contributed by atoms with van der Waals surface area (Å²) in [6, 6.07) is 11.3. The Morgan fingerprint density at radius 2 is 1.63 bits per heavy atom. The second-order valence-electron chi connectivity index (χ2n) is 6.37. The molecule has 1 aliphatic rings. The quantitative estimate of drug-likeness (QED) is 0.548. The Hall–Kier alpha value is -2.89. The van der Waals surface area contributed by atoms with Gasteiger partial charge >= 0.3 is 0 Å². The third kappa shape index (κ3) is 3.91. The minimum atomic E-state index is -4.09. The maximum Gasteiger partial charge on any atom is 0.240 e. The van der Waals surface area contributed by atoms with E-state index in [1.54, 1.807) is 0 Å². The van der Waals surface area contributed by atoms with Crippen molar-refractivity contribution in [3.63, 3.8) is 0 Å². The van der Waals surface area contributed by atoms with E-state index in [0.29, 0.717) is 5.75 Å². The van der Waals surface area contributed by atoms with Gasteiger partial charge in [-0.25, -0.2) is 25.9 Å². The van der Waals surface area contributed by atoms with Crippen molar-refractivity contribution in [2.24, 2.45) is 0 Å². The maximum absolute atomic E-state index is 13.2. The van der Waals surface area contributed by atoms with Gasteiger partial charge in [0.15, 0.2) is 21.3 Å². The van der Waals surface area contributed by atoms with Crippen LogP contribution in [0.2, 0.25) is 0 Å². The molecule has 2 aromatic carbocycles. The van der Waals surface area contributed by atoms with Gasteiger partial charge in [-0.2, -0.15) is 0 Å². The molecule has 0 bridgehead atoms. The average Bonchev–Trinajstić information content (AvgIpc) is 3.39. The third-order valence-electron chi connectivity index (χ3n) is 4.49. The number of rotatable bonds is 7. The molecule has 0 saturated heterocycles. The zero-order valence-corrected chi connectivity index (χ0v) is 17.0. The molecule has 1 unspecified atom stereocenters. The van der Waals surface area contributed by atoms with Crippen LogP contribution in [0.15, 0.2) is 75.1 Å². The largest absolute Gasteiger partial charge is 0.468 e. The zero-order valence-electron chi connectivity index (χ0n) is 15.3. The molecule has 158 valence electrons. The van der Waals surface area contributed by atoms with Gasteiger partial charge in [0, 0.05) is 12.6 Å². The fourth-order valence-corrected chi connectivity index (χ4v) is 5.69. The first-order chi connectivity index (χ1) is 14.3. The fourth-order valence-electron chi connectivity index (χ4n) is 2.94. The molecule has 4 rings (SSSR count). The highest BCUT2D eigenvalue weighted by Crippen LogP contribution is 2.34. The van der Waals surface area contributed by atoms with Gasteiger partial charge in [0.2, 0.25) is 16.8 Å². The highest BCUT2D eigenvalue weighted by molar-refractivity contribution is 7.92. The lowest BCUT2D eigenvalue weighted by Crippen LogP contribution is -2.31. The number of benzene rings is 2. The van der Waals surface area contributed by atoms with E-state index in [1.807, 2.05) is 0 Å². The van der Waals surface area contributed by atoms with Crippen molar-refractivity contribution in [3.05, 3.63) is 72.4 Å². The van der Waals surface area contributed by atoms with Crippen molar-refractivity contribution >= 4 is 19.9 Å². The Morgan fingerprint density at radius 1 is 0.933 bits per heavy atom. The Kier molecular flexibility index (Phi) is 5.26. The second kappa shape index (κ2) is 7.74. The fraction of sp³-hybridized carbons (Fsp3) is 0.158. The normalized spacial score (nSPS) is 14.6. The molecule has 3 aromatic rings. The van der Waals surface area contributed by atoms with Gasteiger partial charge in [-0.1, -0.05) is 0 Å². The number of hydrogen-bond acceptors (Lipinski definition) is 7. The summed E-state index contributed by atoms with van der Waals surface area (Å²) >= 11 is 0. The minimum absolute atomic E-state index is 0.0112. The van der Waals surface area contributed by atoms with Gasteiger partial charge in [-0.15, -0.1) is 0 Å². The standard InChI is InChI=1S/C19H16FNO7S2/c20-13-3-5-14(6-4-13)29(22,23)19(17-2-1-9-26-17)11-21-30(24,25)15-7-8-16-18(10-15)28-12-27-16/h1-10,19,21H,11-12H2. The van der Waals surface area contributed by atoms with Crippen LogP contribution in [0.3, 0.4) is 0 Å². The second-order valence-corrected chi connectivity index (χ2v) is 10.3. The lowest BCUT2D eigenvalue weighted by molar-refractivity contribution is 0.174. The van der Waals surface area contributed by atoms with E-state index in [4.69, 9.17) is 13.9 Å². The zero-order chi connectivity index (χ0) is 21.4. The van der Waals surface area contributed by atoms with Gasteiger partial charge in [0.1, 0.15) is 16.8 Å². The van der Waals surface area contributed by atoms with Crippen molar-refractivity contribution < 1.29 is 35.1 Å². The first-order valence-electron chi connectivity index (χ1n) is 8.69. The number of sulfone groups is 1. The Balaban J connectivity index is 1.62. The molecule has 2 heterocycles. The summed E-state index contributed by atoms with van der Waals surface area (Å²) in [5.41, 5.74) is 0. The molecule has 0 radical (unpaired) electrons. The number of nitrogens with one attached hydrogen (secondary N) is 1. The number of sulfonamides is 1. The molecule has 0 fully saturated rings. The number of furan rings is 1. The Bertz CT molecular complexity index is 1250. The average molecular weight is 453 g/mol. The maximum atomic E-state index is 13.2. The molecular weight excluding hydrogens is 437 g/mol. The van der Waals surface area contributed by atoms with Crippen molar-refractivity contribution in [2.45, 2.75) is 15.0 Å². The van der Waals surface area contributed by atoms with Crippen LogP contribution in [-0.4, -0.2) is 30.2 Å². The summed E-state index contributed by atoms with van der Waals surface area (Å²) in [6.07, 6.45) is 1.29. The van der Waals surface area contributed by atoms with Crippen LogP contribution in [-0.2, 0) is 19.9 Å². The van der Waals surface area contributed by atoms with Crippen LogP contribution in [0.4, 0.5) is 4.39 Å². The molecule has 0 saturated carbocycles. The highest BCUT2D eigenvalue weighted by atomic mass is 32.2. The predicted octanol–water partition coefficient (Wildman–Crippen LogP) is 2.64. The van der Waals surface area contributed by atoms with Gasteiger partial charge in [-0.3, -0.25) is 0 Å². The molecular formula is C19H16FNO7S2. The van der Waals surface area contributed by atoms with E-state index in [1.165, 1.54) is 36.6 Å². The summed E-state index contributed by atoms with van der Waals surface area (Å²) in [4.78, 5) is -0.267. The van der Waals surface area contributed by atoms with Crippen LogP contribution in [0.25, 0.3) is 0 Å². The van der Waals surface area contributed by atoms with Crippen LogP contribution < -0.4 is 14.2 Å². The van der Waals surface area contributed by atoms with E-state index < -0.39 is 37.5 Å². The molecule has 0 spiro atoms. The van der Waals surface area contributed by atoms with E-state index in [-0.39, 0.29) is 28.1 Å². The van der Waals surface area contributed by atoms with Crippen molar-refractivity contribution in [1.82, 2.24) is 4.72 Å². The topological polar surface area (TPSA) is 112 Å². The number of ether oxygens (including phenoxy) is 2. The number of fused-ring (bicyclic) bond motifs is 1. The Morgan fingerprint density at radius 3 is 2.33 bits per heavy atom. The van der Waals surface area contributed by atoms with Gasteiger partial charge < -0.3 is 13.9 Å². The SMILES string of the molecule is O=S(=O)(NCC(c1ccco1)S(=O)(=O)c1ccc(F)cc1)c1ccc2c(c1)OCO2. The molecule has 11 heteroatoms. The van der Waals surface area contributed by atoms with E-state index in [0.717, 1.165) is 24.3 Å². The number of hydrogen-bond donors (Lipinski definition) is 1. The van der Waals surface area contributed by atoms with Gasteiger partial charge in [-0.05, 0) is 48.5 Å². The van der Waals surface area contributed by atoms with Crippen molar-refractivity contribution in [3.8, 4) is 11.5 Å². The van der Waals surface area contributed by atoms with E-state index >= 15 is 0 Å². The molecule has 1 N–H and O–H groups in total. The lowest BCUT2D eigenvalue weighted by Gasteiger charge is -2.17. The monoisotopic (exact) mass is 453 g/mol. The third-order valence-corrected chi connectivity index (χ3v) is 7.99.